The Balaban J connectivity index is 2.46. The largest absolute Gasteiger partial charge is 0.480 e. The Kier molecular flexibility index (Phi) is 5.36. The summed E-state index contributed by atoms with van der Waals surface area (Å²) in [6.07, 6.45) is 0. The van der Waals surface area contributed by atoms with Gasteiger partial charge in [0.1, 0.15) is 0 Å². The highest BCUT2D eigenvalue weighted by molar-refractivity contribution is 7.85. The summed E-state index contributed by atoms with van der Waals surface area (Å²) in [7, 11) is 0.502. The molecule has 1 rings (SSSR count). The summed E-state index contributed by atoms with van der Waals surface area (Å²) < 4.78 is 15.8. The van der Waals surface area contributed by atoms with Crippen molar-refractivity contribution in [3.05, 3.63) is 0 Å². The molecule has 1 saturated heterocycles. The molecule has 1 heterocycles. The van der Waals surface area contributed by atoms with Crippen LogP contribution in [-0.4, -0.2) is 70.6 Å². The number of methoxy groups -OCH3 is 1. The maximum atomic E-state index is 11.7. The normalized spacial score (nSPS) is 18.8. The Morgan fingerprint density at radius 1 is 1.47 bits per heavy atom. The van der Waals surface area contributed by atoms with Gasteiger partial charge in [0.2, 0.25) is 0 Å². The van der Waals surface area contributed by atoms with Crippen molar-refractivity contribution in [1.29, 1.82) is 0 Å². The van der Waals surface area contributed by atoms with Gasteiger partial charge in [0.05, 0.1) is 6.61 Å². The van der Waals surface area contributed by atoms with Gasteiger partial charge in [0.25, 0.3) is 0 Å². The number of urea groups is 1. The van der Waals surface area contributed by atoms with Crippen LogP contribution >= 0.6 is 0 Å². The van der Waals surface area contributed by atoms with E-state index < -0.39 is 28.8 Å². The van der Waals surface area contributed by atoms with E-state index in [2.05, 4.69) is 5.32 Å². The van der Waals surface area contributed by atoms with Crippen LogP contribution in [-0.2, 0) is 20.3 Å². The lowest BCUT2D eigenvalue weighted by Crippen LogP contribution is -2.52. The van der Waals surface area contributed by atoms with Crippen molar-refractivity contribution < 1.29 is 23.6 Å². The van der Waals surface area contributed by atoms with Gasteiger partial charge in [-0.1, -0.05) is 0 Å². The molecule has 1 atom stereocenters. The van der Waals surface area contributed by atoms with Crippen LogP contribution in [0, 0.1) is 0 Å². The van der Waals surface area contributed by atoms with E-state index in [4.69, 9.17) is 9.84 Å². The van der Waals surface area contributed by atoms with E-state index in [1.54, 1.807) is 0 Å². The number of nitrogens with zero attached hydrogens (tertiary/aromatic N) is 1. The molecule has 0 spiro atoms. The molecule has 17 heavy (non-hydrogen) atoms. The van der Waals surface area contributed by atoms with E-state index in [-0.39, 0.29) is 6.61 Å². The van der Waals surface area contributed by atoms with Gasteiger partial charge < -0.3 is 20.1 Å². The number of carboxylic acid groups (broad SMARTS) is 1. The van der Waals surface area contributed by atoms with Crippen LogP contribution in [0.3, 0.4) is 0 Å². The van der Waals surface area contributed by atoms with Crippen LogP contribution in [0.5, 0.6) is 0 Å². The minimum Gasteiger partial charge on any atom is -0.480 e. The first-order valence-corrected chi connectivity index (χ1v) is 6.65. The van der Waals surface area contributed by atoms with Crippen LogP contribution < -0.4 is 5.32 Å². The second-order valence-electron chi connectivity index (χ2n) is 3.63. The number of aliphatic carboxylic acids is 1. The van der Waals surface area contributed by atoms with Crippen LogP contribution in [0.2, 0.25) is 0 Å². The highest BCUT2D eigenvalue weighted by Crippen LogP contribution is 2.01. The monoisotopic (exact) mass is 264 g/mol. The maximum Gasteiger partial charge on any atom is 0.328 e. The standard InChI is InChI=1S/C9H16N2O5S/c1-16-6-7(8(12)13)10-9(14)11-2-4-17(15)5-3-11/h7H,2-6H2,1H3,(H,10,14)(H,12,13). The van der Waals surface area contributed by atoms with Gasteiger partial charge in [-0.3, -0.25) is 4.21 Å². The number of rotatable bonds is 4. The Morgan fingerprint density at radius 3 is 2.53 bits per heavy atom. The van der Waals surface area contributed by atoms with Crippen molar-refractivity contribution in [1.82, 2.24) is 10.2 Å². The molecular weight excluding hydrogens is 248 g/mol. The molecule has 0 aromatic rings. The summed E-state index contributed by atoms with van der Waals surface area (Å²) >= 11 is 0. The van der Waals surface area contributed by atoms with Crippen molar-refractivity contribution >= 4 is 22.8 Å². The second-order valence-corrected chi connectivity index (χ2v) is 5.33. The molecule has 2 amide bonds. The van der Waals surface area contributed by atoms with E-state index in [1.165, 1.54) is 12.0 Å². The SMILES string of the molecule is COCC(NC(=O)N1CCS(=O)CC1)C(=O)O. The average Bonchev–Trinajstić information content (AvgIpc) is 2.29. The molecule has 1 aliphatic rings. The van der Waals surface area contributed by atoms with Crippen molar-refractivity contribution in [2.24, 2.45) is 0 Å². The maximum absolute atomic E-state index is 11.7. The highest BCUT2D eigenvalue weighted by Gasteiger charge is 2.25. The van der Waals surface area contributed by atoms with Gasteiger partial charge in [-0.05, 0) is 0 Å². The molecule has 1 unspecified atom stereocenters. The third-order valence-corrected chi connectivity index (χ3v) is 3.67. The fourth-order valence-electron chi connectivity index (χ4n) is 1.42. The minimum atomic E-state index is -1.14. The molecule has 1 fully saturated rings. The zero-order chi connectivity index (χ0) is 12.8. The molecule has 0 aliphatic carbocycles. The van der Waals surface area contributed by atoms with Gasteiger partial charge in [-0.25, -0.2) is 9.59 Å². The van der Waals surface area contributed by atoms with Crippen LogP contribution in [0.25, 0.3) is 0 Å². The fraction of sp³-hybridized carbons (Fsp3) is 0.778. The third-order valence-electron chi connectivity index (χ3n) is 2.39. The van der Waals surface area contributed by atoms with Crippen molar-refractivity contribution in [3.8, 4) is 0 Å². The lowest BCUT2D eigenvalue weighted by atomic mass is 10.3. The van der Waals surface area contributed by atoms with E-state index in [0.29, 0.717) is 24.6 Å². The smallest absolute Gasteiger partial charge is 0.328 e. The molecule has 0 aromatic heterocycles. The minimum absolute atomic E-state index is 0.0825. The molecule has 0 bridgehead atoms. The van der Waals surface area contributed by atoms with Crippen LogP contribution in [0.1, 0.15) is 0 Å². The Labute approximate surface area is 102 Å². The van der Waals surface area contributed by atoms with E-state index >= 15 is 0 Å². The van der Waals surface area contributed by atoms with Crippen molar-refractivity contribution in [2.75, 3.05) is 38.3 Å². The van der Waals surface area contributed by atoms with Gasteiger partial charge >= 0.3 is 12.0 Å². The molecule has 98 valence electrons. The first-order valence-electron chi connectivity index (χ1n) is 5.16. The van der Waals surface area contributed by atoms with Crippen LogP contribution in [0.4, 0.5) is 4.79 Å². The molecule has 1 aliphatic heterocycles. The average molecular weight is 264 g/mol. The first kappa shape index (κ1) is 13.9. The molecule has 0 aromatic carbocycles. The summed E-state index contributed by atoms with van der Waals surface area (Å²) in [5.41, 5.74) is 0. The zero-order valence-electron chi connectivity index (χ0n) is 9.55. The molecule has 2 N–H and O–H groups in total. The summed E-state index contributed by atoms with van der Waals surface area (Å²) in [5.74, 6) is -0.258. The van der Waals surface area contributed by atoms with E-state index in [0.717, 1.165) is 0 Å². The number of carbonyl (C=O) groups is 2. The van der Waals surface area contributed by atoms with Crippen molar-refractivity contribution in [2.45, 2.75) is 6.04 Å². The molecular formula is C9H16N2O5S. The van der Waals surface area contributed by atoms with Crippen LogP contribution in [0.15, 0.2) is 0 Å². The lowest BCUT2D eigenvalue weighted by molar-refractivity contribution is -0.140. The number of hydrogen-bond acceptors (Lipinski definition) is 4. The van der Waals surface area contributed by atoms with Gasteiger partial charge in [-0.2, -0.15) is 0 Å². The fourth-order valence-corrected chi connectivity index (χ4v) is 2.47. The number of ether oxygens (including phenoxy) is 1. The van der Waals surface area contributed by atoms with E-state index in [1.807, 2.05) is 0 Å². The predicted octanol–water partition coefficient (Wildman–Crippen LogP) is -1.14. The number of nitrogens with one attached hydrogen (secondary N) is 1. The lowest BCUT2D eigenvalue weighted by Gasteiger charge is -2.27. The second kappa shape index (κ2) is 6.55. The Bertz CT molecular complexity index is 313. The van der Waals surface area contributed by atoms with Gasteiger partial charge in [-0.15, -0.1) is 0 Å². The Hall–Kier alpha value is -1.15. The predicted molar refractivity (Wildman–Crippen MR) is 61.3 cm³/mol. The number of carboxylic acids is 1. The third kappa shape index (κ3) is 4.31. The first-order chi connectivity index (χ1) is 8.04. The van der Waals surface area contributed by atoms with Gasteiger partial charge in [0.15, 0.2) is 6.04 Å². The number of hydrogen-bond donors (Lipinski definition) is 2. The molecule has 7 nitrogen and oxygen atoms in total. The highest BCUT2D eigenvalue weighted by atomic mass is 32.2. The molecule has 8 heteroatoms. The summed E-state index contributed by atoms with van der Waals surface area (Å²) in [6.45, 7) is 0.691. The topological polar surface area (TPSA) is 95.9 Å². The Morgan fingerprint density at radius 2 is 2.06 bits per heavy atom. The molecule has 0 radical (unpaired) electrons. The quantitative estimate of drug-likeness (QED) is 0.669. The number of carbonyl (C=O) groups excluding carboxylic acids is 1. The molecule has 0 saturated carbocycles. The van der Waals surface area contributed by atoms with Gasteiger partial charge in [0, 0.05) is 42.5 Å². The summed E-state index contributed by atoms with van der Waals surface area (Å²) in [4.78, 5) is 24.0. The van der Waals surface area contributed by atoms with E-state index in [9.17, 15) is 13.8 Å². The zero-order valence-corrected chi connectivity index (χ0v) is 10.4. The van der Waals surface area contributed by atoms with Crippen molar-refractivity contribution in [3.63, 3.8) is 0 Å². The summed E-state index contributed by atoms with van der Waals surface area (Å²) in [6, 6.07) is -1.51. The summed E-state index contributed by atoms with van der Waals surface area (Å²) in [5, 5.41) is 11.2. The number of amides is 2.